The Kier molecular flexibility index (Phi) is 6.84. The fraction of sp³-hybridized carbons (Fsp3) is 0.550. The molecule has 2 aliphatic heterocycles. The summed E-state index contributed by atoms with van der Waals surface area (Å²) >= 11 is 0. The number of likely N-dealkylation sites (tertiary alicyclic amines) is 1. The van der Waals surface area contributed by atoms with Gasteiger partial charge in [-0.05, 0) is 26.3 Å². The zero-order chi connectivity index (χ0) is 21.8. The lowest BCUT2D eigenvalue weighted by Crippen LogP contribution is -2.40. The van der Waals surface area contributed by atoms with Crippen LogP contribution >= 0.6 is 0 Å². The van der Waals surface area contributed by atoms with Crippen molar-refractivity contribution in [1.82, 2.24) is 10.2 Å². The van der Waals surface area contributed by atoms with Crippen molar-refractivity contribution in [2.75, 3.05) is 32.1 Å². The summed E-state index contributed by atoms with van der Waals surface area (Å²) < 4.78 is 33.7. The summed E-state index contributed by atoms with van der Waals surface area (Å²) in [6.07, 6.45) is -1.86. The van der Waals surface area contributed by atoms with Crippen molar-refractivity contribution in [1.29, 1.82) is 5.26 Å². The minimum absolute atomic E-state index is 0.0635. The van der Waals surface area contributed by atoms with Crippen molar-refractivity contribution in [3.63, 3.8) is 0 Å². The average Bonchev–Trinajstić information content (AvgIpc) is 3.15. The highest BCUT2D eigenvalue weighted by Crippen LogP contribution is 2.34. The Balaban J connectivity index is 1.86. The van der Waals surface area contributed by atoms with E-state index in [1.807, 2.05) is 6.92 Å². The Morgan fingerprint density at radius 1 is 1.47 bits per heavy atom. The van der Waals surface area contributed by atoms with Crippen LogP contribution in [0.2, 0.25) is 0 Å². The molecule has 2 aliphatic rings. The average molecular weight is 420 g/mol. The lowest BCUT2D eigenvalue weighted by atomic mass is 10.0. The third-order valence-corrected chi connectivity index (χ3v) is 5.18. The minimum Gasteiger partial charge on any atom is -0.496 e. The maximum Gasteiger partial charge on any atom is 0.224 e. The third kappa shape index (κ3) is 4.52. The van der Waals surface area contributed by atoms with Gasteiger partial charge in [-0.1, -0.05) is 0 Å². The standard InChI is InChI=1S/C20H26F2N6O2/c1-4-24-18-14(9-23)11(2)25-20(27-18)26-16-8-17(30-3)13(7-15(16)22)19(29)28-6-5-12(21)10-28/h7-8,11-12,14,19,29H,4-6,10H2,1-3H3,(H2,24,25,26,27)/t11?,12-,14?,19?/m0/s1. The van der Waals surface area contributed by atoms with Crippen molar-refractivity contribution in [2.45, 2.75) is 38.7 Å². The van der Waals surface area contributed by atoms with Crippen molar-refractivity contribution in [2.24, 2.45) is 15.9 Å². The lowest BCUT2D eigenvalue weighted by Gasteiger charge is -2.25. The second-order valence-corrected chi connectivity index (χ2v) is 7.28. The van der Waals surface area contributed by atoms with Gasteiger partial charge in [-0.15, -0.1) is 0 Å². The van der Waals surface area contributed by atoms with E-state index in [1.54, 1.807) is 6.92 Å². The highest BCUT2D eigenvalue weighted by atomic mass is 19.1. The van der Waals surface area contributed by atoms with Gasteiger partial charge < -0.3 is 20.5 Å². The Hall–Kier alpha value is -2.77. The molecule has 2 heterocycles. The molecular weight excluding hydrogens is 394 g/mol. The summed E-state index contributed by atoms with van der Waals surface area (Å²) in [6, 6.07) is 4.38. The Morgan fingerprint density at radius 3 is 2.83 bits per heavy atom. The van der Waals surface area contributed by atoms with Crippen LogP contribution < -0.4 is 15.4 Å². The number of ether oxygens (including phenoxy) is 1. The van der Waals surface area contributed by atoms with Crippen LogP contribution in [0.5, 0.6) is 5.75 Å². The first-order valence-corrected chi connectivity index (χ1v) is 9.88. The zero-order valence-corrected chi connectivity index (χ0v) is 17.2. The number of alkyl halides is 1. The van der Waals surface area contributed by atoms with E-state index in [2.05, 4.69) is 26.7 Å². The predicted molar refractivity (Wildman–Crippen MR) is 110 cm³/mol. The maximum absolute atomic E-state index is 14.8. The predicted octanol–water partition coefficient (Wildman–Crippen LogP) is 2.19. The van der Waals surface area contributed by atoms with E-state index in [4.69, 9.17) is 4.74 Å². The van der Waals surface area contributed by atoms with Crippen molar-refractivity contribution in [3.05, 3.63) is 23.5 Å². The van der Waals surface area contributed by atoms with E-state index in [0.717, 1.165) is 6.07 Å². The quantitative estimate of drug-likeness (QED) is 0.674. The first-order chi connectivity index (χ1) is 14.4. The summed E-state index contributed by atoms with van der Waals surface area (Å²) in [6.45, 7) is 4.72. The fourth-order valence-electron chi connectivity index (χ4n) is 3.59. The van der Waals surface area contributed by atoms with E-state index in [-0.39, 0.29) is 35.5 Å². The van der Waals surface area contributed by atoms with Gasteiger partial charge in [0.05, 0.1) is 24.9 Å². The molecule has 0 aliphatic carbocycles. The summed E-state index contributed by atoms with van der Waals surface area (Å²) in [4.78, 5) is 10.2. The largest absolute Gasteiger partial charge is 0.496 e. The van der Waals surface area contributed by atoms with Gasteiger partial charge in [0.1, 0.15) is 35.7 Å². The highest BCUT2D eigenvalue weighted by molar-refractivity contribution is 6.06. The molecule has 3 rings (SSSR count). The molecule has 8 nitrogen and oxygen atoms in total. The van der Waals surface area contributed by atoms with Gasteiger partial charge in [0.25, 0.3) is 0 Å². The summed E-state index contributed by atoms with van der Waals surface area (Å²) in [5.41, 5.74) is 0.281. The van der Waals surface area contributed by atoms with Gasteiger partial charge in [-0.25, -0.2) is 13.8 Å². The first-order valence-electron chi connectivity index (χ1n) is 9.88. The van der Waals surface area contributed by atoms with E-state index < -0.39 is 24.1 Å². The van der Waals surface area contributed by atoms with Gasteiger partial charge in [0.15, 0.2) is 0 Å². The summed E-state index contributed by atoms with van der Waals surface area (Å²) in [5.74, 6) is -0.256. The number of aliphatic hydroxyl groups excluding tert-OH is 1. The number of methoxy groups -OCH3 is 1. The maximum atomic E-state index is 14.8. The number of nitriles is 1. The van der Waals surface area contributed by atoms with E-state index in [0.29, 0.717) is 25.3 Å². The molecule has 0 aromatic heterocycles. The van der Waals surface area contributed by atoms with Crippen molar-refractivity contribution < 1.29 is 18.6 Å². The first kappa shape index (κ1) is 21.9. The number of amidine groups is 1. The Labute approximate surface area is 174 Å². The zero-order valence-electron chi connectivity index (χ0n) is 17.2. The molecule has 0 radical (unpaired) electrons. The molecule has 162 valence electrons. The molecule has 3 unspecified atom stereocenters. The monoisotopic (exact) mass is 420 g/mol. The molecule has 0 amide bonds. The van der Waals surface area contributed by atoms with Crippen LogP contribution in [0.25, 0.3) is 0 Å². The molecule has 0 spiro atoms. The lowest BCUT2D eigenvalue weighted by molar-refractivity contribution is 0.0130. The smallest absolute Gasteiger partial charge is 0.224 e. The van der Waals surface area contributed by atoms with Crippen molar-refractivity contribution >= 4 is 17.5 Å². The molecule has 4 atom stereocenters. The number of aliphatic imine (C=N–C) groups is 2. The number of benzene rings is 1. The van der Waals surface area contributed by atoms with Crippen LogP contribution in [0.1, 0.15) is 32.1 Å². The minimum atomic E-state index is -1.17. The van der Waals surface area contributed by atoms with E-state index >= 15 is 0 Å². The van der Waals surface area contributed by atoms with Gasteiger partial charge in [-0.3, -0.25) is 4.90 Å². The molecule has 1 aromatic rings. The van der Waals surface area contributed by atoms with Gasteiger partial charge in [-0.2, -0.15) is 10.3 Å². The normalized spacial score (nSPS) is 25.2. The van der Waals surface area contributed by atoms with Crippen molar-refractivity contribution in [3.8, 4) is 11.8 Å². The molecule has 30 heavy (non-hydrogen) atoms. The highest BCUT2D eigenvalue weighted by Gasteiger charge is 2.31. The van der Waals surface area contributed by atoms with Crippen LogP contribution in [0, 0.1) is 23.1 Å². The number of rotatable bonds is 5. The fourth-order valence-corrected chi connectivity index (χ4v) is 3.59. The second-order valence-electron chi connectivity index (χ2n) is 7.28. The number of guanidine groups is 1. The number of anilines is 1. The number of hydrogen-bond donors (Lipinski definition) is 3. The Morgan fingerprint density at radius 2 is 2.23 bits per heavy atom. The number of aliphatic hydroxyl groups is 1. The number of nitrogens with one attached hydrogen (secondary N) is 2. The van der Waals surface area contributed by atoms with E-state index in [9.17, 15) is 19.1 Å². The number of nitrogens with zero attached hydrogens (tertiary/aromatic N) is 4. The van der Waals surface area contributed by atoms with Gasteiger partial charge >= 0.3 is 0 Å². The molecule has 1 fully saturated rings. The van der Waals surface area contributed by atoms with Crippen LogP contribution in [0.3, 0.4) is 0 Å². The second kappa shape index (κ2) is 9.36. The van der Waals surface area contributed by atoms with Crippen LogP contribution in [0.4, 0.5) is 14.5 Å². The van der Waals surface area contributed by atoms with Crippen LogP contribution in [0.15, 0.2) is 22.1 Å². The molecule has 3 N–H and O–H groups in total. The number of hydrogen-bond acceptors (Lipinski definition) is 8. The molecule has 1 saturated heterocycles. The summed E-state index contributed by atoms with van der Waals surface area (Å²) in [7, 11) is 1.41. The SMILES string of the molecule is CCNC1=NC(Nc2cc(OC)c(C(O)N3CC[C@H](F)C3)cc2F)=NC(C)C1C#N. The molecular formula is C20H26F2N6O2. The van der Waals surface area contributed by atoms with Gasteiger partial charge in [0, 0.05) is 31.3 Å². The molecule has 1 aromatic carbocycles. The van der Waals surface area contributed by atoms with E-state index in [1.165, 1.54) is 18.1 Å². The van der Waals surface area contributed by atoms with Crippen LogP contribution in [-0.4, -0.2) is 60.8 Å². The summed E-state index contributed by atoms with van der Waals surface area (Å²) in [5, 5.41) is 25.8. The molecule has 10 heteroatoms. The Bertz CT molecular complexity index is 885. The molecule has 0 bridgehead atoms. The third-order valence-electron chi connectivity index (χ3n) is 5.18. The molecule has 0 saturated carbocycles. The van der Waals surface area contributed by atoms with Crippen LogP contribution in [-0.2, 0) is 0 Å². The topological polar surface area (TPSA) is 105 Å². The number of halogens is 2. The van der Waals surface area contributed by atoms with Gasteiger partial charge in [0.2, 0.25) is 5.96 Å².